The Morgan fingerprint density at radius 2 is 2.21 bits per heavy atom. The first-order chi connectivity index (χ1) is 11.6. The molecule has 2 N–H and O–H groups in total. The lowest BCUT2D eigenvalue weighted by Gasteiger charge is -2.11. The maximum absolute atomic E-state index is 12.2. The second kappa shape index (κ2) is 9.34. The van der Waals surface area contributed by atoms with Crippen molar-refractivity contribution in [1.29, 1.82) is 0 Å². The van der Waals surface area contributed by atoms with E-state index < -0.39 is 0 Å². The van der Waals surface area contributed by atoms with Crippen LogP contribution in [0.4, 0.5) is 0 Å². The normalized spacial score (nSPS) is 10.1. The van der Waals surface area contributed by atoms with E-state index >= 15 is 0 Å². The van der Waals surface area contributed by atoms with E-state index in [0.29, 0.717) is 24.5 Å². The highest BCUT2D eigenvalue weighted by Crippen LogP contribution is 2.26. The van der Waals surface area contributed by atoms with Crippen LogP contribution in [0, 0.1) is 0 Å². The number of nitrogens with zero attached hydrogens (tertiary/aromatic N) is 1. The molecule has 0 unspecified atom stereocenters. The molecule has 7 heteroatoms. The van der Waals surface area contributed by atoms with E-state index in [0.717, 1.165) is 16.5 Å². The van der Waals surface area contributed by atoms with Crippen LogP contribution in [-0.4, -0.2) is 22.6 Å². The molecule has 2 rings (SSSR count). The summed E-state index contributed by atoms with van der Waals surface area (Å²) in [7, 11) is 0. The molecule has 1 aromatic heterocycles. The maximum Gasteiger partial charge on any atom is 0.257 e. The van der Waals surface area contributed by atoms with Gasteiger partial charge in [-0.25, -0.2) is 0 Å². The van der Waals surface area contributed by atoms with Gasteiger partial charge in [0.25, 0.3) is 5.91 Å². The third kappa shape index (κ3) is 5.58. The number of nitrogens with one attached hydrogen (secondary N) is 2. The standard InChI is InChI=1S/C17H18BrN3O2S/c1-2-8-23-15-6-5-13(9-14(15)18)16(22)21-17(24)20-11-12-4-3-7-19-10-12/h3-7,9-10H,2,8,11H2,1H3,(H2,20,21,22,24). The lowest BCUT2D eigenvalue weighted by Crippen LogP contribution is -2.38. The van der Waals surface area contributed by atoms with Gasteiger partial charge in [0.05, 0.1) is 11.1 Å². The van der Waals surface area contributed by atoms with E-state index in [1.165, 1.54) is 0 Å². The van der Waals surface area contributed by atoms with Gasteiger partial charge in [-0.2, -0.15) is 0 Å². The molecule has 126 valence electrons. The summed E-state index contributed by atoms with van der Waals surface area (Å²) in [6, 6.07) is 8.95. The Morgan fingerprint density at radius 3 is 2.88 bits per heavy atom. The largest absolute Gasteiger partial charge is 0.492 e. The van der Waals surface area contributed by atoms with Gasteiger partial charge in [-0.15, -0.1) is 0 Å². The van der Waals surface area contributed by atoms with E-state index in [1.807, 2.05) is 19.1 Å². The minimum absolute atomic E-state index is 0.270. The number of ether oxygens (including phenoxy) is 1. The van der Waals surface area contributed by atoms with E-state index in [1.54, 1.807) is 30.6 Å². The van der Waals surface area contributed by atoms with Crippen molar-refractivity contribution in [2.75, 3.05) is 6.61 Å². The van der Waals surface area contributed by atoms with Crippen molar-refractivity contribution in [1.82, 2.24) is 15.6 Å². The molecule has 0 saturated heterocycles. The molecule has 24 heavy (non-hydrogen) atoms. The van der Waals surface area contributed by atoms with Gasteiger partial charge in [-0.1, -0.05) is 13.0 Å². The molecule has 0 saturated carbocycles. The molecule has 0 bridgehead atoms. The second-order valence-electron chi connectivity index (χ2n) is 4.99. The van der Waals surface area contributed by atoms with E-state index in [9.17, 15) is 4.79 Å². The predicted molar refractivity (Wildman–Crippen MR) is 101 cm³/mol. The SMILES string of the molecule is CCCOc1ccc(C(=O)NC(=S)NCc2cccnc2)cc1Br. The molecule has 1 aromatic carbocycles. The van der Waals surface area contributed by atoms with Crippen molar-refractivity contribution in [3.05, 3.63) is 58.3 Å². The van der Waals surface area contributed by atoms with Gasteiger partial charge >= 0.3 is 0 Å². The van der Waals surface area contributed by atoms with Crippen LogP contribution in [0.25, 0.3) is 0 Å². The summed E-state index contributed by atoms with van der Waals surface area (Å²) in [5, 5.41) is 5.90. The van der Waals surface area contributed by atoms with Crippen LogP contribution < -0.4 is 15.4 Å². The number of carbonyl (C=O) groups excluding carboxylic acids is 1. The molecule has 0 aliphatic rings. The minimum atomic E-state index is -0.276. The quantitative estimate of drug-likeness (QED) is 0.718. The van der Waals surface area contributed by atoms with Crippen molar-refractivity contribution in [3.63, 3.8) is 0 Å². The van der Waals surface area contributed by atoms with Gasteiger partial charge in [0, 0.05) is 24.5 Å². The van der Waals surface area contributed by atoms with Gasteiger partial charge in [0.2, 0.25) is 0 Å². The number of thiocarbonyl (C=S) groups is 1. The second-order valence-corrected chi connectivity index (χ2v) is 6.25. The number of hydrogen-bond donors (Lipinski definition) is 2. The Morgan fingerprint density at radius 1 is 1.38 bits per heavy atom. The summed E-state index contributed by atoms with van der Waals surface area (Å²) < 4.78 is 6.30. The topological polar surface area (TPSA) is 63.2 Å². The molecule has 0 atom stereocenters. The van der Waals surface area contributed by atoms with Gasteiger partial charge in [0.15, 0.2) is 5.11 Å². The maximum atomic E-state index is 12.2. The first kappa shape index (κ1) is 18.4. The van der Waals surface area contributed by atoms with Crippen LogP contribution in [0.15, 0.2) is 47.2 Å². The molecule has 0 fully saturated rings. The van der Waals surface area contributed by atoms with Crippen molar-refractivity contribution in [2.45, 2.75) is 19.9 Å². The zero-order valence-corrected chi connectivity index (χ0v) is 15.6. The summed E-state index contributed by atoms with van der Waals surface area (Å²) in [4.78, 5) is 16.3. The van der Waals surface area contributed by atoms with Crippen LogP contribution in [0.1, 0.15) is 29.3 Å². The predicted octanol–water partition coefficient (Wildman–Crippen LogP) is 3.44. The highest BCUT2D eigenvalue weighted by molar-refractivity contribution is 9.10. The van der Waals surface area contributed by atoms with E-state index in [-0.39, 0.29) is 11.0 Å². The fraction of sp³-hybridized carbons (Fsp3) is 0.235. The number of halogens is 1. The molecule has 5 nitrogen and oxygen atoms in total. The number of hydrogen-bond acceptors (Lipinski definition) is 4. The molecule has 0 spiro atoms. The molecule has 0 aliphatic heterocycles. The monoisotopic (exact) mass is 407 g/mol. The van der Waals surface area contributed by atoms with Crippen LogP contribution in [0.3, 0.4) is 0 Å². The minimum Gasteiger partial charge on any atom is -0.492 e. The average Bonchev–Trinajstić information content (AvgIpc) is 2.59. The van der Waals surface area contributed by atoms with Crippen LogP contribution >= 0.6 is 28.1 Å². The number of amides is 1. The Kier molecular flexibility index (Phi) is 7.14. The number of benzene rings is 1. The third-order valence-corrected chi connectivity index (χ3v) is 3.92. The molecule has 0 radical (unpaired) electrons. The van der Waals surface area contributed by atoms with Crippen LogP contribution in [0.5, 0.6) is 5.75 Å². The van der Waals surface area contributed by atoms with Crippen molar-refractivity contribution in [2.24, 2.45) is 0 Å². The molecular weight excluding hydrogens is 390 g/mol. The van der Waals surface area contributed by atoms with Crippen molar-refractivity contribution in [3.8, 4) is 5.75 Å². The lowest BCUT2D eigenvalue weighted by molar-refractivity contribution is 0.0976. The number of aromatic nitrogens is 1. The van der Waals surface area contributed by atoms with Crippen LogP contribution in [-0.2, 0) is 6.54 Å². The van der Waals surface area contributed by atoms with Gasteiger partial charge in [-0.3, -0.25) is 15.1 Å². The number of pyridine rings is 1. The van der Waals surface area contributed by atoms with Gasteiger partial charge in [-0.05, 0) is 64.4 Å². The Bertz CT molecular complexity index is 710. The first-order valence-electron chi connectivity index (χ1n) is 7.50. The molecular formula is C17H18BrN3O2S. The lowest BCUT2D eigenvalue weighted by atomic mass is 10.2. The van der Waals surface area contributed by atoms with Crippen molar-refractivity contribution < 1.29 is 9.53 Å². The van der Waals surface area contributed by atoms with Crippen molar-refractivity contribution >= 4 is 39.2 Å². The van der Waals surface area contributed by atoms with Crippen LogP contribution in [0.2, 0.25) is 0 Å². The molecule has 1 heterocycles. The summed E-state index contributed by atoms with van der Waals surface area (Å²) >= 11 is 8.56. The summed E-state index contributed by atoms with van der Waals surface area (Å²) in [6.45, 7) is 3.17. The Hall–Kier alpha value is -1.99. The smallest absolute Gasteiger partial charge is 0.257 e. The van der Waals surface area contributed by atoms with Gasteiger partial charge < -0.3 is 10.1 Å². The Balaban J connectivity index is 1.89. The fourth-order valence-corrected chi connectivity index (χ4v) is 2.53. The highest BCUT2D eigenvalue weighted by atomic mass is 79.9. The third-order valence-electron chi connectivity index (χ3n) is 3.06. The molecule has 1 amide bonds. The van der Waals surface area contributed by atoms with E-state index in [4.69, 9.17) is 17.0 Å². The number of carbonyl (C=O) groups is 1. The zero-order valence-electron chi connectivity index (χ0n) is 13.2. The molecule has 2 aromatic rings. The summed E-state index contributed by atoms with van der Waals surface area (Å²) in [5.74, 6) is 0.437. The highest BCUT2D eigenvalue weighted by Gasteiger charge is 2.10. The first-order valence-corrected chi connectivity index (χ1v) is 8.70. The molecule has 0 aliphatic carbocycles. The summed E-state index contributed by atoms with van der Waals surface area (Å²) in [6.07, 6.45) is 4.37. The zero-order chi connectivity index (χ0) is 17.4. The number of rotatable bonds is 6. The summed E-state index contributed by atoms with van der Waals surface area (Å²) in [5.41, 5.74) is 1.48. The fourth-order valence-electron chi connectivity index (χ4n) is 1.88. The average molecular weight is 408 g/mol. The van der Waals surface area contributed by atoms with Gasteiger partial charge in [0.1, 0.15) is 5.75 Å². The van der Waals surface area contributed by atoms with E-state index in [2.05, 4.69) is 31.5 Å². The Labute approximate surface area is 154 Å².